The van der Waals surface area contributed by atoms with E-state index < -0.39 is 10.0 Å². The van der Waals surface area contributed by atoms with Gasteiger partial charge in [-0.1, -0.05) is 46.8 Å². The predicted octanol–water partition coefficient (Wildman–Crippen LogP) is 4.29. The lowest BCUT2D eigenvalue weighted by molar-refractivity contribution is 0.265. The van der Waals surface area contributed by atoms with Gasteiger partial charge >= 0.3 is 0 Å². The summed E-state index contributed by atoms with van der Waals surface area (Å²) in [5, 5.41) is 4.21. The number of hydrogen-bond donors (Lipinski definition) is 1. The molecular formula is C18H28N2O2S. The average molecular weight is 337 g/mol. The molecular weight excluding hydrogens is 308 g/mol. The maximum absolute atomic E-state index is 12.4. The molecule has 1 atom stereocenters. The van der Waals surface area contributed by atoms with E-state index in [2.05, 4.69) is 44.6 Å². The van der Waals surface area contributed by atoms with Crippen LogP contribution in [-0.2, 0) is 10.0 Å². The lowest BCUT2D eigenvalue weighted by atomic mass is 9.72. The summed E-state index contributed by atoms with van der Waals surface area (Å²) in [5.41, 5.74) is 2.25. The van der Waals surface area contributed by atoms with Crippen molar-refractivity contribution in [1.29, 1.82) is 0 Å². The van der Waals surface area contributed by atoms with Gasteiger partial charge in [0.05, 0.1) is 4.90 Å². The molecule has 4 nitrogen and oxygen atoms in total. The molecule has 1 N–H and O–H groups in total. The molecule has 0 aromatic heterocycles. The highest BCUT2D eigenvalue weighted by Crippen LogP contribution is 2.36. The summed E-state index contributed by atoms with van der Waals surface area (Å²) in [6.07, 6.45) is 2.85. The summed E-state index contributed by atoms with van der Waals surface area (Å²) in [5.74, 6) is 0.915. The number of nitrogens with zero attached hydrogens (tertiary/aromatic N) is 1. The third-order valence-corrected chi connectivity index (χ3v) is 5.57. The van der Waals surface area contributed by atoms with Crippen molar-refractivity contribution in [2.45, 2.75) is 64.7 Å². The van der Waals surface area contributed by atoms with Gasteiger partial charge in [-0.3, -0.25) is 0 Å². The van der Waals surface area contributed by atoms with Crippen LogP contribution < -0.4 is 4.83 Å². The highest BCUT2D eigenvalue weighted by Gasteiger charge is 2.29. The van der Waals surface area contributed by atoms with Gasteiger partial charge in [0, 0.05) is 5.71 Å². The summed E-state index contributed by atoms with van der Waals surface area (Å²) < 4.78 is 24.8. The van der Waals surface area contributed by atoms with Crippen molar-refractivity contribution < 1.29 is 8.42 Å². The number of rotatable bonds is 4. The molecule has 5 heteroatoms. The van der Waals surface area contributed by atoms with Crippen LogP contribution in [0.2, 0.25) is 0 Å². The summed E-state index contributed by atoms with van der Waals surface area (Å²) in [7, 11) is -3.59. The normalized spacial score (nSPS) is 23.2. The molecule has 1 fully saturated rings. The molecule has 1 aliphatic carbocycles. The second-order valence-corrected chi connectivity index (χ2v) is 9.51. The van der Waals surface area contributed by atoms with Crippen molar-refractivity contribution in [3.63, 3.8) is 0 Å². The van der Waals surface area contributed by atoms with E-state index in [1.807, 2.05) is 12.1 Å². The van der Waals surface area contributed by atoms with Crippen LogP contribution in [0.15, 0.2) is 34.3 Å². The molecule has 1 aromatic carbocycles. The largest absolute Gasteiger partial charge is 0.276 e. The van der Waals surface area contributed by atoms with E-state index in [4.69, 9.17) is 0 Å². The first-order chi connectivity index (χ1) is 10.6. The number of hydrogen-bond acceptors (Lipinski definition) is 3. The number of sulfonamides is 1. The van der Waals surface area contributed by atoms with Crippen LogP contribution >= 0.6 is 0 Å². The Kier molecular flexibility index (Phi) is 5.19. The van der Waals surface area contributed by atoms with Crippen LogP contribution in [0.4, 0.5) is 0 Å². The van der Waals surface area contributed by atoms with E-state index >= 15 is 0 Å². The molecule has 1 aliphatic rings. The smallest absolute Gasteiger partial charge is 0.200 e. The van der Waals surface area contributed by atoms with Crippen LogP contribution in [0.3, 0.4) is 0 Å². The number of hydrazone groups is 1. The van der Waals surface area contributed by atoms with E-state index in [1.54, 1.807) is 12.1 Å². The molecule has 23 heavy (non-hydrogen) atoms. The van der Waals surface area contributed by atoms with Crippen LogP contribution in [0.5, 0.6) is 0 Å². The first kappa shape index (κ1) is 18.0. The Hall–Kier alpha value is -1.36. The molecule has 0 aliphatic heterocycles. The van der Waals surface area contributed by atoms with Crippen molar-refractivity contribution in [2.75, 3.05) is 0 Å². The number of benzene rings is 1. The molecule has 0 radical (unpaired) electrons. The molecule has 0 spiro atoms. The number of nitrogens with one attached hydrogen (secondary N) is 1. The predicted molar refractivity (Wildman–Crippen MR) is 95.1 cm³/mol. The van der Waals surface area contributed by atoms with E-state index in [0.29, 0.717) is 11.8 Å². The Balaban J connectivity index is 2.13. The van der Waals surface area contributed by atoms with Gasteiger partial charge in [0.1, 0.15) is 0 Å². The summed E-state index contributed by atoms with van der Waals surface area (Å²) in [6.45, 7) is 10.8. The molecule has 128 valence electrons. The first-order valence-corrected chi connectivity index (χ1v) is 9.74. The van der Waals surface area contributed by atoms with Crippen LogP contribution in [0.25, 0.3) is 0 Å². The Morgan fingerprint density at radius 1 is 1.22 bits per heavy atom. The van der Waals surface area contributed by atoms with Gasteiger partial charge in [0.25, 0.3) is 10.0 Å². The second-order valence-electron chi connectivity index (χ2n) is 7.85. The van der Waals surface area contributed by atoms with Gasteiger partial charge in [-0.15, -0.1) is 0 Å². The zero-order chi connectivity index (χ0) is 17.3. The van der Waals surface area contributed by atoms with E-state index in [0.717, 1.165) is 30.5 Å². The Morgan fingerprint density at radius 2 is 1.83 bits per heavy atom. The molecule has 0 bridgehead atoms. The zero-order valence-electron chi connectivity index (χ0n) is 14.8. The third kappa shape index (κ3) is 4.80. The summed E-state index contributed by atoms with van der Waals surface area (Å²) >= 11 is 0. The van der Waals surface area contributed by atoms with Crippen molar-refractivity contribution >= 4 is 15.7 Å². The average Bonchev–Trinajstić information content (AvgIpc) is 2.43. The van der Waals surface area contributed by atoms with Crippen LogP contribution in [-0.4, -0.2) is 14.1 Å². The zero-order valence-corrected chi connectivity index (χ0v) is 15.6. The molecule has 1 saturated carbocycles. The molecule has 0 saturated heterocycles. The molecule has 0 unspecified atom stereocenters. The summed E-state index contributed by atoms with van der Waals surface area (Å²) in [4.78, 5) is 2.67. The minimum atomic E-state index is -3.59. The third-order valence-electron chi connectivity index (χ3n) is 4.35. The molecule has 0 heterocycles. The van der Waals surface area contributed by atoms with Crippen molar-refractivity contribution in [2.24, 2.45) is 16.4 Å². The van der Waals surface area contributed by atoms with Crippen LogP contribution in [0, 0.1) is 11.3 Å². The minimum Gasteiger partial charge on any atom is -0.200 e. The molecule has 0 amide bonds. The Bertz CT molecular complexity index is 673. The Labute approximate surface area is 140 Å². The van der Waals surface area contributed by atoms with Gasteiger partial charge in [-0.25, -0.2) is 4.83 Å². The topological polar surface area (TPSA) is 58.5 Å². The van der Waals surface area contributed by atoms with Crippen LogP contribution in [0.1, 0.15) is 65.4 Å². The van der Waals surface area contributed by atoms with Gasteiger partial charge in [-0.2, -0.15) is 13.5 Å². The van der Waals surface area contributed by atoms with Crippen molar-refractivity contribution in [3.05, 3.63) is 29.8 Å². The van der Waals surface area contributed by atoms with Gasteiger partial charge in [0.15, 0.2) is 0 Å². The molecule has 2 rings (SSSR count). The minimum absolute atomic E-state index is 0.181. The van der Waals surface area contributed by atoms with Gasteiger partial charge in [0.2, 0.25) is 0 Å². The Morgan fingerprint density at radius 3 is 2.35 bits per heavy atom. The molecule has 1 aromatic rings. The van der Waals surface area contributed by atoms with Gasteiger partial charge in [-0.05, 0) is 54.2 Å². The fraction of sp³-hybridized carbons (Fsp3) is 0.611. The maximum atomic E-state index is 12.4. The maximum Gasteiger partial charge on any atom is 0.276 e. The lowest BCUT2D eigenvalue weighted by Crippen LogP contribution is -2.30. The highest BCUT2D eigenvalue weighted by molar-refractivity contribution is 7.89. The summed E-state index contributed by atoms with van der Waals surface area (Å²) in [6, 6.07) is 7.01. The van der Waals surface area contributed by atoms with E-state index in [-0.39, 0.29) is 10.3 Å². The van der Waals surface area contributed by atoms with E-state index in [9.17, 15) is 8.42 Å². The highest BCUT2D eigenvalue weighted by atomic mass is 32.2. The van der Waals surface area contributed by atoms with Crippen molar-refractivity contribution in [3.8, 4) is 0 Å². The van der Waals surface area contributed by atoms with Gasteiger partial charge < -0.3 is 0 Å². The quantitative estimate of drug-likeness (QED) is 0.834. The lowest BCUT2D eigenvalue weighted by Gasteiger charge is -2.34. The van der Waals surface area contributed by atoms with E-state index in [1.165, 1.54) is 0 Å². The first-order valence-electron chi connectivity index (χ1n) is 8.26. The standard InChI is InChI=1S/C18H28N2O2S/c1-13(2)15-6-8-17(9-7-15)23(21,22)20-19-16-10-14(3)11-18(4,5)12-16/h6-9,13-14,20H,10-12H2,1-5H3/b19-16+/t14-/m1/s1. The fourth-order valence-corrected chi connectivity index (χ4v) is 4.26. The SMILES string of the molecule is CC(C)c1ccc(S(=O)(=O)N/N=C2\C[C@@H](C)CC(C)(C)C2)cc1. The monoisotopic (exact) mass is 336 g/mol. The second kappa shape index (κ2) is 6.63. The fourth-order valence-electron chi connectivity index (χ4n) is 3.41. The van der Waals surface area contributed by atoms with Crippen molar-refractivity contribution in [1.82, 2.24) is 4.83 Å².